The third-order valence-corrected chi connectivity index (χ3v) is 2.58. The van der Waals surface area contributed by atoms with E-state index in [4.69, 9.17) is 0 Å². The molecule has 0 unspecified atom stereocenters. The molecule has 0 aliphatic rings. The Morgan fingerprint density at radius 1 is 1.20 bits per heavy atom. The molecule has 1 aromatic carbocycles. The third kappa shape index (κ3) is 2.89. The van der Waals surface area contributed by atoms with Crippen molar-refractivity contribution in [2.24, 2.45) is 5.10 Å². The summed E-state index contributed by atoms with van der Waals surface area (Å²) in [6.45, 7) is 0. The molecular weight excluding hydrogens is 211 g/mol. The molecule has 0 fully saturated rings. The number of hydrazone groups is 1. The second-order valence-electron chi connectivity index (χ2n) is 2.89. The number of halogens is 1. The first-order valence-electron chi connectivity index (χ1n) is 4.43. The summed E-state index contributed by atoms with van der Waals surface area (Å²) in [6.07, 6.45) is 1.73. The highest BCUT2D eigenvalue weighted by Gasteiger charge is 1.90. The van der Waals surface area contributed by atoms with Gasteiger partial charge in [0.2, 0.25) is 0 Å². The molecule has 0 aliphatic heterocycles. The first-order valence-corrected chi connectivity index (χ1v) is 5.31. The second kappa shape index (κ2) is 4.70. The number of benzene rings is 1. The van der Waals surface area contributed by atoms with Gasteiger partial charge >= 0.3 is 0 Å². The van der Waals surface area contributed by atoms with Crippen LogP contribution in [0.4, 0.5) is 10.1 Å². The van der Waals surface area contributed by atoms with E-state index in [2.05, 4.69) is 10.5 Å². The van der Waals surface area contributed by atoms with E-state index in [-0.39, 0.29) is 5.82 Å². The molecule has 4 heteroatoms. The van der Waals surface area contributed by atoms with E-state index < -0.39 is 0 Å². The fraction of sp³-hybridized carbons (Fsp3) is 0. The monoisotopic (exact) mass is 220 g/mol. The maximum Gasteiger partial charge on any atom is 0.123 e. The Kier molecular flexibility index (Phi) is 3.09. The van der Waals surface area contributed by atoms with Crippen LogP contribution in [0.3, 0.4) is 0 Å². The largest absolute Gasteiger partial charge is 0.278 e. The maximum atomic E-state index is 12.6. The lowest BCUT2D eigenvalue weighted by molar-refractivity contribution is 0.628. The van der Waals surface area contributed by atoms with Crippen LogP contribution in [0.2, 0.25) is 0 Å². The van der Waals surface area contributed by atoms with Crippen molar-refractivity contribution in [2.45, 2.75) is 0 Å². The molecule has 0 saturated heterocycles. The SMILES string of the molecule is Fc1ccc(N/N=C\c2cccs2)cc1. The third-order valence-electron chi connectivity index (χ3n) is 1.77. The fourth-order valence-electron chi connectivity index (χ4n) is 1.06. The zero-order valence-electron chi connectivity index (χ0n) is 7.85. The van der Waals surface area contributed by atoms with Crippen molar-refractivity contribution in [3.8, 4) is 0 Å². The quantitative estimate of drug-likeness (QED) is 0.622. The van der Waals surface area contributed by atoms with Crippen LogP contribution < -0.4 is 5.43 Å². The van der Waals surface area contributed by atoms with Crippen LogP contribution in [-0.4, -0.2) is 6.21 Å². The van der Waals surface area contributed by atoms with Gasteiger partial charge in [0, 0.05) is 4.88 Å². The standard InChI is InChI=1S/C11H9FN2S/c12-9-3-5-10(6-4-9)14-13-8-11-2-1-7-15-11/h1-8,14H/b13-8-. The Balaban J connectivity index is 1.96. The molecule has 0 saturated carbocycles. The lowest BCUT2D eigenvalue weighted by Crippen LogP contribution is -1.89. The number of nitrogens with one attached hydrogen (secondary N) is 1. The molecule has 0 amide bonds. The van der Waals surface area contributed by atoms with Gasteiger partial charge in [-0.1, -0.05) is 6.07 Å². The van der Waals surface area contributed by atoms with Gasteiger partial charge in [0.15, 0.2) is 0 Å². The predicted octanol–water partition coefficient (Wildman–Crippen LogP) is 3.33. The van der Waals surface area contributed by atoms with Crippen molar-refractivity contribution in [3.63, 3.8) is 0 Å². The van der Waals surface area contributed by atoms with Crippen molar-refractivity contribution in [1.82, 2.24) is 0 Å². The summed E-state index contributed by atoms with van der Waals surface area (Å²) >= 11 is 1.61. The van der Waals surface area contributed by atoms with E-state index >= 15 is 0 Å². The van der Waals surface area contributed by atoms with E-state index in [1.165, 1.54) is 12.1 Å². The van der Waals surface area contributed by atoms with E-state index in [1.807, 2.05) is 17.5 Å². The van der Waals surface area contributed by atoms with Gasteiger partial charge in [-0.3, -0.25) is 5.43 Å². The van der Waals surface area contributed by atoms with Crippen LogP contribution in [0.15, 0.2) is 46.9 Å². The molecule has 0 aliphatic carbocycles. The zero-order valence-corrected chi connectivity index (χ0v) is 8.67. The Hall–Kier alpha value is -1.68. The zero-order chi connectivity index (χ0) is 10.5. The molecule has 0 atom stereocenters. The van der Waals surface area contributed by atoms with Crippen LogP contribution >= 0.6 is 11.3 Å². The Morgan fingerprint density at radius 2 is 2.00 bits per heavy atom. The van der Waals surface area contributed by atoms with Crippen molar-refractivity contribution in [3.05, 3.63) is 52.5 Å². The average Bonchev–Trinajstić information content (AvgIpc) is 2.74. The number of anilines is 1. The second-order valence-corrected chi connectivity index (χ2v) is 3.87. The smallest absolute Gasteiger partial charge is 0.123 e. The van der Waals surface area contributed by atoms with Crippen LogP contribution in [0.5, 0.6) is 0 Å². The number of hydrogen-bond donors (Lipinski definition) is 1. The lowest BCUT2D eigenvalue weighted by Gasteiger charge is -1.97. The summed E-state index contributed by atoms with van der Waals surface area (Å²) < 4.78 is 12.6. The Bertz CT molecular complexity index is 434. The number of hydrogen-bond acceptors (Lipinski definition) is 3. The normalized spacial score (nSPS) is 10.7. The number of rotatable bonds is 3. The molecule has 2 aromatic rings. The highest BCUT2D eigenvalue weighted by molar-refractivity contribution is 7.11. The first kappa shape index (κ1) is 9.86. The molecule has 0 bridgehead atoms. The molecule has 15 heavy (non-hydrogen) atoms. The van der Waals surface area contributed by atoms with Crippen LogP contribution in [0, 0.1) is 5.82 Å². The predicted molar refractivity (Wildman–Crippen MR) is 61.9 cm³/mol. The first-order chi connectivity index (χ1) is 7.34. The van der Waals surface area contributed by atoms with Gasteiger partial charge in [0.25, 0.3) is 0 Å². The van der Waals surface area contributed by atoms with Crippen molar-refractivity contribution >= 4 is 23.2 Å². The van der Waals surface area contributed by atoms with Gasteiger partial charge in [0.05, 0.1) is 11.9 Å². The van der Waals surface area contributed by atoms with Gasteiger partial charge in [-0.05, 0) is 35.7 Å². The molecule has 2 rings (SSSR count). The van der Waals surface area contributed by atoms with Crippen molar-refractivity contribution in [1.29, 1.82) is 0 Å². The molecule has 2 nitrogen and oxygen atoms in total. The lowest BCUT2D eigenvalue weighted by atomic mass is 10.3. The highest BCUT2D eigenvalue weighted by Crippen LogP contribution is 2.08. The molecule has 76 valence electrons. The van der Waals surface area contributed by atoms with Crippen molar-refractivity contribution in [2.75, 3.05) is 5.43 Å². The molecule has 0 radical (unpaired) electrons. The average molecular weight is 220 g/mol. The molecule has 1 heterocycles. The summed E-state index contributed by atoms with van der Waals surface area (Å²) in [5.41, 5.74) is 3.59. The van der Waals surface area contributed by atoms with Gasteiger partial charge < -0.3 is 0 Å². The van der Waals surface area contributed by atoms with Gasteiger partial charge in [0.1, 0.15) is 5.82 Å². The highest BCUT2D eigenvalue weighted by atomic mass is 32.1. The fourth-order valence-corrected chi connectivity index (χ4v) is 1.64. The van der Waals surface area contributed by atoms with Crippen LogP contribution in [-0.2, 0) is 0 Å². The minimum atomic E-state index is -0.247. The maximum absolute atomic E-state index is 12.6. The number of thiophene rings is 1. The molecule has 1 aromatic heterocycles. The molecule has 1 N–H and O–H groups in total. The van der Waals surface area contributed by atoms with Gasteiger partial charge in [-0.2, -0.15) is 5.10 Å². The Labute approximate surface area is 91.1 Å². The summed E-state index contributed by atoms with van der Waals surface area (Å²) in [7, 11) is 0. The summed E-state index contributed by atoms with van der Waals surface area (Å²) in [5, 5.41) is 6.01. The van der Waals surface area contributed by atoms with Crippen LogP contribution in [0.25, 0.3) is 0 Å². The minimum absolute atomic E-state index is 0.247. The molecule has 0 spiro atoms. The summed E-state index contributed by atoms with van der Waals surface area (Å²) in [5.74, 6) is -0.247. The Morgan fingerprint density at radius 3 is 2.67 bits per heavy atom. The number of nitrogens with zero attached hydrogens (tertiary/aromatic N) is 1. The van der Waals surface area contributed by atoms with Gasteiger partial charge in [-0.25, -0.2) is 4.39 Å². The molecular formula is C11H9FN2S. The van der Waals surface area contributed by atoms with Gasteiger partial charge in [-0.15, -0.1) is 11.3 Å². The topological polar surface area (TPSA) is 24.4 Å². The van der Waals surface area contributed by atoms with E-state index in [0.717, 1.165) is 10.6 Å². The van der Waals surface area contributed by atoms with Crippen LogP contribution in [0.1, 0.15) is 4.88 Å². The summed E-state index contributed by atoms with van der Waals surface area (Å²) in [4.78, 5) is 1.07. The minimum Gasteiger partial charge on any atom is -0.278 e. The van der Waals surface area contributed by atoms with E-state index in [0.29, 0.717) is 0 Å². The van der Waals surface area contributed by atoms with E-state index in [1.54, 1.807) is 29.7 Å². The summed E-state index contributed by atoms with van der Waals surface area (Å²) in [6, 6.07) is 10.00. The van der Waals surface area contributed by atoms with Crippen molar-refractivity contribution < 1.29 is 4.39 Å². The van der Waals surface area contributed by atoms with E-state index in [9.17, 15) is 4.39 Å².